The van der Waals surface area contributed by atoms with Crippen LogP contribution >= 0.6 is 11.6 Å². The van der Waals surface area contributed by atoms with Gasteiger partial charge in [0.15, 0.2) is 0 Å². The molecule has 1 aliphatic rings. The van der Waals surface area contributed by atoms with Gasteiger partial charge in [0, 0.05) is 5.56 Å². The van der Waals surface area contributed by atoms with Crippen LogP contribution in [0.25, 0.3) is 6.08 Å². The molecular formula is C21H14ClF3N2O4. The van der Waals surface area contributed by atoms with Gasteiger partial charge in [0.25, 0.3) is 11.8 Å². The summed E-state index contributed by atoms with van der Waals surface area (Å²) in [7, 11) is 0. The third-order valence-electron chi connectivity index (χ3n) is 4.19. The Morgan fingerprint density at radius 1 is 1.13 bits per heavy atom. The molecule has 0 saturated carbocycles. The number of alkyl halides is 3. The number of nitrogens with one attached hydrogen (secondary N) is 1. The number of benzene rings is 2. The molecule has 6 nitrogen and oxygen atoms in total. The zero-order valence-electron chi connectivity index (χ0n) is 15.7. The minimum Gasteiger partial charge on any atom is -0.489 e. The molecule has 4 amide bonds. The van der Waals surface area contributed by atoms with Gasteiger partial charge in [-0.2, -0.15) is 13.2 Å². The predicted molar refractivity (Wildman–Crippen MR) is 108 cm³/mol. The fourth-order valence-electron chi connectivity index (χ4n) is 2.77. The van der Waals surface area contributed by atoms with Gasteiger partial charge in [0.1, 0.15) is 17.9 Å². The van der Waals surface area contributed by atoms with Crippen LogP contribution in [0.4, 0.5) is 23.7 Å². The maximum absolute atomic E-state index is 13.1. The number of hydrogen-bond donors (Lipinski definition) is 1. The Bertz CT molecular complexity index is 1110. The van der Waals surface area contributed by atoms with E-state index in [4.69, 9.17) is 16.3 Å². The van der Waals surface area contributed by atoms with Crippen molar-refractivity contribution >= 4 is 41.2 Å². The van der Waals surface area contributed by atoms with Gasteiger partial charge < -0.3 is 4.74 Å². The molecule has 1 saturated heterocycles. The summed E-state index contributed by atoms with van der Waals surface area (Å²) >= 11 is 5.96. The number of anilines is 1. The molecule has 2 aromatic rings. The minimum absolute atomic E-state index is 0.158. The van der Waals surface area contributed by atoms with E-state index in [1.54, 1.807) is 24.3 Å². The lowest BCUT2D eigenvalue weighted by Gasteiger charge is -2.27. The molecule has 0 aromatic heterocycles. The highest BCUT2D eigenvalue weighted by Gasteiger charge is 2.39. The second-order valence-electron chi connectivity index (χ2n) is 6.26. The molecule has 1 aliphatic heterocycles. The number of carbonyl (C=O) groups is 3. The second kappa shape index (κ2) is 8.65. The summed E-state index contributed by atoms with van der Waals surface area (Å²) in [6.07, 6.45) is -2.06. The Morgan fingerprint density at radius 3 is 2.52 bits per heavy atom. The van der Waals surface area contributed by atoms with Crippen LogP contribution in [0, 0.1) is 0 Å². The van der Waals surface area contributed by atoms with Gasteiger partial charge in [-0.15, -0.1) is 0 Å². The van der Waals surface area contributed by atoms with E-state index in [0.29, 0.717) is 28.3 Å². The number of ether oxygens (including phenoxy) is 1. The topological polar surface area (TPSA) is 75.7 Å². The molecule has 0 aliphatic carbocycles. The van der Waals surface area contributed by atoms with Crippen LogP contribution in [0.2, 0.25) is 5.02 Å². The van der Waals surface area contributed by atoms with E-state index < -0.39 is 40.8 Å². The molecule has 0 bridgehead atoms. The lowest BCUT2D eigenvalue weighted by molar-refractivity contribution is -0.137. The Labute approximate surface area is 179 Å². The number of amides is 4. The molecule has 160 valence electrons. The van der Waals surface area contributed by atoms with E-state index in [9.17, 15) is 27.6 Å². The van der Waals surface area contributed by atoms with Crippen molar-refractivity contribution in [2.75, 3.05) is 11.5 Å². The number of para-hydroxylation sites is 1. The van der Waals surface area contributed by atoms with E-state index in [1.165, 1.54) is 12.2 Å². The average Bonchev–Trinajstić information content (AvgIpc) is 2.70. The standard InChI is InChI=1S/C21H14ClF3N2O4/c1-2-9-31-17-6-4-3-5-12(17)10-14-18(28)26-20(30)27(19(14)29)16-11-13(21(23,24)25)7-8-15(16)22/h2-8,10-11H,1,9H2,(H,26,28,30)/b14-10-. The first kappa shape index (κ1) is 22.1. The first-order valence-electron chi connectivity index (χ1n) is 8.74. The zero-order valence-corrected chi connectivity index (χ0v) is 16.5. The fourth-order valence-corrected chi connectivity index (χ4v) is 2.97. The molecule has 10 heteroatoms. The number of rotatable bonds is 5. The minimum atomic E-state index is -4.73. The van der Waals surface area contributed by atoms with Gasteiger partial charge >= 0.3 is 12.2 Å². The average molecular weight is 451 g/mol. The van der Waals surface area contributed by atoms with E-state index in [1.807, 2.05) is 5.32 Å². The Morgan fingerprint density at radius 2 is 1.84 bits per heavy atom. The maximum Gasteiger partial charge on any atom is 0.416 e. The van der Waals surface area contributed by atoms with E-state index >= 15 is 0 Å². The van der Waals surface area contributed by atoms with Crippen LogP contribution in [-0.2, 0) is 15.8 Å². The van der Waals surface area contributed by atoms with E-state index in [2.05, 4.69) is 6.58 Å². The summed E-state index contributed by atoms with van der Waals surface area (Å²) in [5, 5.41) is 1.66. The highest BCUT2D eigenvalue weighted by Crippen LogP contribution is 2.36. The summed E-state index contributed by atoms with van der Waals surface area (Å²) < 4.78 is 44.8. The SMILES string of the molecule is C=CCOc1ccccc1/C=C1/C(=O)NC(=O)N(c2cc(C(F)(F)F)ccc2Cl)C1=O. The largest absolute Gasteiger partial charge is 0.489 e. The van der Waals surface area contributed by atoms with Crippen LogP contribution in [0.1, 0.15) is 11.1 Å². The molecule has 1 fully saturated rings. The number of urea groups is 1. The first-order valence-corrected chi connectivity index (χ1v) is 9.12. The van der Waals surface area contributed by atoms with Crippen molar-refractivity contribution in [2.45, 2.75) is 6.18 Å². The van der Waals surface area contributed by atoms with Crippen molar-refractivity contribution in [1.82, 2.24) is 5.32 Å². The van der Waals surface area contributed by atoms with Gasteiger partial charge in [-0.1, -0.05) is 42.5 Å². The molecule has 0 atom stereocenters. The molecule has 0 unspecified atom stereocenters. The molecule has 31 heavy (non-hydrogen) atoms. The summed E-state index contributed by atoms with van der Waals surface area (Å²) in [4.78, 5) is 38.0. The Hall–Kier alpha value is -3.59. The highest BCUT2D eigenvalue weighted by atomic mass is 35.5. The first-order chi connectivity index (χ1) is 14.6. The number of halogens is 4. The smallest absolute Gasteiger partial charge is 0.416 e. The van der Waals surface area contributed by atoms with Gasteiger partial charge in [0.05, 0.1) is 16.3 Å². The number of hydrogen-bond acceptors (Lipinski definition) is 4. The maximum atomic E-state index is 13.1. The van der Waals surface area contributed by atoms with Gasteiger partial charge in [-0.3, -0.25) is 14.9 Å². The van der Waals surface area contributed by atoms with E-state index in [0.717, 1.165) is 6.07 Å². The summed E-state index contributed by atoms with van der Waals surface area (Å²) in [6.45, 7) is 3.69. The van der Waals surface area contributed by atoms with Crippen LogP contribution in [-0.4, -0.2) is 24.5 Å². The lowest BCUT2D eigenvalue weighted by atomic mass is 10.1. The highest BCUT2D eigenvalue weighted by molar-refractivity contribution is 6.42. The van der Waals surface area contributed by atoms with Crippen LogP contribution in [0.15, 0.2) is 60.7 Å². The van der Waals surface area contributed by atoms with Crippen molar-refractivity contribution in [3.05, 3.63) is 76.8 Å². The van der Waals surface area contributed by atoms with Crippen molar-refractivity contribution in [3.8, 4) is 5.75 Å². The third-order valence-corrected chi connectivity index (χ3v) is 4.51. The molecule has 0 radical (unpaired) electrons. The summed E-state index contributed by atoms with van der Waals surface area (Å²) in [5.41, 5.74) is -1.76. The van der Waals surface area contributed by atoms with Crippen molar-refractivity contribution in [2.24, 2.45) is 0 Å². The Kier molecular flexibility index (Phi) is 6.16. The fraction of sp³-hybridized carbons (Fsp3) is 0.0952. The summed E-state index contributed by atoms with van der Waals surface area (Å²) in [6, 6.07) is 7.43. The number of imide groups is 2. The quantitative estimate of drug-likeness (QED) is 0.411. The van der Waals surface area contributed by atoms with Crippen LogP contribution in [0.3, 0.4) is 0 Å². The lowest BCUT2D eigenvalue weighted by Crippen LogP contribution is -2.54. The van der Waals surface area contributed by atoms with Crippen molar-refractivity contribution in [1.29, 1.82) is 0 Å². The molecule has 1 N–H and O–H groups in total. The number of carbonyl (C=O) groups excluding carboxylic acids is 3. The monoisotopic (exact) mass is 450 g/mol. The zero-order chi connectivity index (χ0) is 22.8. The molecular weight excluding hydrogens is 437 g/mol. The van der Waals surface area contributed by atoms with Crippen molar-refractivity contribution < 1.29 is 32.3 Å². The Balaban J connectivity index is 2.07. The van der Waals surface area contributed by atoms with Crippen LogP contribution in [0.5, 0.6) is 5.75 Å². The van der Waals surface area contributed by atoms with Gasteiger partial charge in [0.2, 0.25) is 0 Å². The normalized spacial score (nSPS) is 15.8. The summed E-state index contributed by atoms with van der Waals surface area (Å²) in [5.74, 6) is -1.81. The molecule has 3 rings (SSSR count). The molecule has 1 heterocycles. The molecule has 0 spiro atoms. The van der Waals surface area contributed by atoms with Crippen LogP contribution < -0.4 is 15.0 Å². The number of nitrogens with zero attached hydrogens (tertiary/aromatic N) is 1. The van der Waals surface area contributed by atoms with Gasteiger partial charge in [-0.05, 0) is 30.3 Å². The van der Waals surface area contributed by atoms with E-state index in [-0.39, 0.29) is 11.6 Å². The third kappa shape index (κ3) is 4.61. The van der Waals surface area contributed by atoms with Gasteiger partial charge in [-0.25, -0.2) is 9.69 Å². The second-order valence-corrected chi connectivity index (χ2v) is 6.67. The molecule has 2 aromatic carbocycles. The number of barbiturate groups is 1. The van der Waals surface area contributed by atoms with Crippen molar-refractivity contribution in [3.63, 3.8) is 0 Å². The predicted octanol–water partition coefficient (Wildman–Crippen LogP) is 4.59.